The van der Waals surface area contributed by atoms with Gasteiger partial charge in [0.25, 0.3) is 0 Å². The van der Waals surface area contributed by atoms with Crippen molar-refractivity contribution in [3.05, 3.63) is 58.1 Å². The molecular weight excluding hydrogens is 296 g/mol. The highest BCUT2D eigenvalue weighted by Gasteiger charge is 2.04. The fraction of sp³-hybridized carbons (Fsp3) is 0.0714. The molecule has 2 rings (SSSR count). The topological polar surface area (TPSA) is 17.1 Å². The van der Waals surface area contributed by atoms with Crippen molar-refractivity contribution < 1.29 is 4.79 Å². The summed E-state index contributed by atoms with van der Waals surface area (Å²) in [5.41, 5.74) is 1.85. The summed E-state index contributed by atoms with van der Waals surface area (Å²) in [4.78, 5) is 13.1. The van der Waals surface area contributed by atoms with Crippen molar-refractivity contribution in [3.63, 3.8) is 0 Å². The molecule has 0 aliphatic heterocycles. The quantitative estimate of drug-likeness (QED) is 0.763. The summed E-state index contributed by atoms with van der Waals surface area (Å²) in [5, 5.41) is 0. The molecular formula is C14H11BrOS. The molecule has 0 spiro atoms. The van der Waals surface area contributed by atoms with Gasteiger partial charge in [0.05, 0.1) is 0 Å². The van der Waals surface area contributed by atoms with Gasteiger partial charge in [0.15, 0.2) is 6.29 Å². The molecule has 1 nitrogen and oxygen atoms in total. The van der Waals surface area contributed by atoms with Crippen LogP contribution in [0, 0.1) is 6.92 Å². The Labute approximate surface area is 113 Å². The highest BCUT2D eigenvalue weighted by atomic mass is 79.9. The van der Waals surface area contributed by atoms with Crippen molar-refractivity contribution in [2.45, 2.75) is 16.7 Å². The van der Waals surface area contributed by atoms with Crippen LogP contribution in [0.25, 0.3) is 0 Å². The number of aldehydes is 1. The SMILES string of the molecule is Cc1ccc(Sc2ccc(Br)cc2)c(C=O)c1. The van der Waals surface area contributed by atoms with Gasteiger partial charge in [-0.05, 0) is 43.3 Å². The summed E-state index contributed by atoms with van der Waals surface area (Å²) < 4.78 is 1.06. The van der Waals surface area contributed by atoms with Gasteiger partial charge in [-0.2, -0.15) is 0 Å². The molecule has 3 heteroatoms. The van der Waals surface area contributed by atoms with Crippen LogP contribution in [0.3, 0.4) is 0 Å². The van der Waals surface area contributed by atoms with E-state index in [1.54, 1.807) is 11.8 Å². The standard InChI is InChI=1S/C14H11BrOS/c1-10-2-7-14(11(8-10)9-16)17-13-5-3-12(15)4-6-13/h2-9H,1H3. The molecule has 0 N–H and O–H groups in total. The van der Waals surface area contributed by atoms with E-state index in [2.05, 4.69) is 15.9 Å². The van der Waals surface area contributed by atoms with E-state index in [0.29, 0.717) is 0 Å². The van der Waals surface area contributed by atoms with E-state index in [9.17, 15) is 4.79 Å². The van der Waals surface area contributed by atoms with Crippen molar-refractivity contribution in [1.82, 2.24) is 0 Å². The second kappa shape index (κ2) is 5.52. The molecule has 0 aliphatic rings. The number of hydrogen-bond donors (Lipinski definition) is 0. The van der Waals surface area contributed by atoms with Gasteiger partial charge in [-0.25, -0.2) is 0 Å². The minimum atomic E-state index is 0.748. The van der Waals surface area contributed by atoms with Gasteiger partial charge in [0.2, 0.25) is 0 Å². The molecule has 2 aromatic carbocycles. The van der Waals surface area contributed by atoms with Crippen LogP contribution in [0.5, 0.6) is 0 Å². The molecule has 0 amide bonds. The summed E-state index contributed by atoms with van der Waals surface area (Å²) in [7, 11) is 0. The van der Waals surface area contributed by atoms with Crippen molar-refractivity contribution in [2.75, 3.05) is 0 Å². The van der Waals surface area contributed by atoms with Crippen LogP contribution in [0.2, 0.25) is 0 Å². The summed E-state index contributed by atoms with van der Waals surface area (Å²) in [6.45, 7) is 1.99. The molecule has 0 saturated heterocycles. The Bertz CT molecular complexity index is 534. The van der Waals surface area contributed by atoms with Crippen molar-refractivity contribution >= 4 is 34.0 Å². The average Bonchev–Trinajstić information content (AvgIpc) is 2.34. The molecule has 0 atom stereocenters. The highest BCUT2D eigenvalue weighted by Crippen LogP contribution is 2.31. The van der Waals surface area contributed by atoms with Gasteiger partial charge in [0, 0.05) is 19.8 Å². The second-order valence-corrected chi connectivity index (χ2v) is 5.75. The third-order valence-corrected chi connectivity index (χ3v) is 3.96. The van der Waals surface area contributed by atoms with Crippen LogP contribution >= 0.6 is 27.7 Å². The van der Waals surface area contributed by atoms with Crippen molar-refractivity contribution in [3.8, 4) is 0 Å². The Morgan fingerprint density at radius 2 is 1.82 bits per heavy atom. The van der Waals surface area contributed by atoms with Crippen LogP contribution in [-0.2, 0) is 0 Å². The van der Waals surface area contributed by atoms with Gasteiger partial charge in [-0.3, -0.25) is 4.79 Å². The first-order valence-corrected chi connectivity index (χ1v) is 6.79. The van der Waals surface area contributed by atoms with Crippen molar-refractivity contribution in [1.29, 1.82) is 0 Å². The Hall–Kier alpha value is -1.06. The van der Waals surface area contributed by atoms with Gasteiger partial charge in [0.1, 0.15) is 0 Å². The lowest BCUT2D eigenvalue weighted by Crippen LogP contribution is -1.86. The van der Waals surface area contributed by atoms with E-state index in [-0.39, 0.29) is 0 Å². The maximum absolute atomic E-state index is 11.0. The first-order valence-electron chi connectivity index (χ1n) is 5.18. The van der Waals surface area contributed by atoms with E-state index in [1.165, 1.54) is 0 Å². The monoisotopic (exact) mass is 306 g/mol. The smallest absolute Gasteiger partial charge is 0.151 e. The van der Waals surface area contributed by atoms with Crippen LogP contribution in [-0.4, -0.2) is 6.29 Å². The fourth-order valence-electron chi connectivity index (χ4n) is 1.48. The normalized spacial score (nSPS) is 10.2. The number of benzene rings is 2. The minimum Gasteiger partial charge on any atom is -0.298 e. The van der Waals surface area contributed by atoms with Crippen LogP contribution in [0.1, 0.15) is 15.9 Å². The number of carbonyl (C=O) groups excluding carboxylic acids is 1. The molecule has 0 bridgehead atoms. The maximum atomic E-state index is 11.0. The number of halogens is 1. The first-order chi connectivity index (χ1) is 8.19. The maximum Gasteiger partial charge on any atom is 0.151 e. The molecule has 0 radical (unpaired) electrons. The number of hydrogen-bond acceptors (Lipinski definition) is 2. The van der Waals surface area contributed by atoms with E-state index in [1.807, 2.05) is 49.4 Å². The summed E-state index contributed by atoms with van der Waals surface area (Å²) in [6.07, 6.45) is 0.911. The van der Waals surface area contributed by atoms with Gasteiger partial charge >= 0.3 is 0 Å². The van der Waals surface area contributed by atoms with Crippen LogP contribution in [0.15, 0.2) is 56.7 Å². The predicted octanol–water partition coefficient (Wildman–Crippen LogP) is 4.72. The Morgan fingerprint density at radius 3 is 2.47 bits per heavy atom. The largest absolute Gasteiger partial charge is 0.298 e. The zero-order valence-electron chi connectivity index (χ0n) is 9.31. The lowest BCUT2D eigenvalue weighted by atomic mass is 10.2. The molecule has 0 aromatic heterocycles. The van der Waals surface area contributed by atoms with Crippen molar-refractivity contribution in [2.24, 2.45) is 0 Å². The average molecular weight is 307 g/mol. The van der Waals surface area contributed by atoms with E-state index in [4.69, 9.17) is 0 Å². The Morgan fingerprint density at radius 1 is 1.12 bits per heavy atom. The zero-order valence-corrected chi connectivity index (χ0v) is 11.7. The minimum absolute atomic E-state index is 0.748. The predicted molar refractivity (Wildman–Crippen MR) is 74.8 cm³/mol. The summed E-state index contributed by atoms with van der Waals surface area (Å²) in [6, 6.07) is 14.0. The lowest BCUT2D eigenvalue weighted by Gasteiger charge is -2.05. The first kappa shape index (κ1) is 12.4. The third-order valence-electron chi connectivity index (χ3n) is 2.33. The summed E-state index contributed by atoms with van der Waals surface area (Å²) in [5.74, 6) is 0. The van der Waals surface area contributed by atoms with E-state index >= 15 is 0 Å². The third kappa shape index (κ3) is 3.20. The van der Waals surface area contributed by atoms with E-state index in [0.717, 1.165) is 31.7 Å². The lowest BCUT2D eigenvalue weighted by molar-refractivity contribution is 0.112. The fourth-order valence-corrected chi connectivity index (χ4v) is 2.63. The van der Waals surface area contributed by atoms with Crippen LogP contribution in [0.4, 0.5) is 0 Å². The van der Waals surface area contributed by atoms with Gasteiger partial charge < -0.3 is 0 Å². The highest BCUT2D eigenvalue weighted by molar-refractivity contribution is 9.10. The number of aryl methyl sites for hydroxylation is 1. The molecule has 0 aliphatic carbocycles. The Balaban J connectivity index is 2.29. The number of rotatable bonds is 3. The van der Waals surface area contributed by atoms with Gasteiger partial charge in [-0.15, -0.1) is 0 Å². The zero-order chi connectivity index (χ0) is 12.3. The van der Waals surface area contributed by atoms with Gasteiger partial charge in [-0.1, -0.05) is 39.3 Å². The second-order valence-electron chi connectivity index (χ2n) is 3.72. The number of carbonyl (C=O) groups is 1. The Kier molecular flexibility index (Phi) is 4.02. The molecule has 86 valence electrons. The summed E-state index contributed by atoms with van der Waals surface area (Å²) >= 11 is 5.01. The van der Waals surface area contributed by atoms with Crippen LogP contribution < -0.4 is 0 Å². The molecule has 0 heterocycles. The molecule has 2 aromatic rings. The molecule has 0 unspecified atom stereocenters. The molecule has 0 fully saturated rings. The van der Waals surface area contributed by atoms with E-state index < -0.39 is 0 Å². The molecule has 17 heavy (non-hydrogen) atoms. The molecule has 0 saturated carbocycles.